The van der Waals surface area contributed by atoms with Crippen LogP contribution >= 0.6 is 11.8 Å². The lowest BCUT2D eigenvalue weighted by Gasteiger charge is -2.14. The minimum Gasteiger partial charge on any atom is -0.495 e. The van der Waals surface area contributed by atoms with Crippen molar-refractivity contribution < 1.29 is 22.7 Å². The molecule has 0 saturated heterocycles. The highest BCUT2D eigenvalue weighted by Crippen LogP contribution is 2.31. The highest BCUT2D eigenvalue weighted by molar-refractivity contribution is 8.00. The number of amides is 1. The summed E-state index contributed by atoms with van der Waals surface area (Å²) in [5.74, 6) is 0.250. The van der Waals surface area contributed by atoms with E-state index in [1.807, 2.05) is 18.2 Å². The van der Waals surface area contributed by atoms with Crippen LogP contribution in [0.25, 0.3) is 5.69 Å². The number of aromatic nitrogens is 3. The van der Waals surface area contributed by atoms with Crippen molar-refractivity contribution in [2.24, 2.45) is 0 Å². The summed E-state index contributed by atoms with van der Waals surface area (Å²) in [7, 11) is 1.55. The van der Waals surface area contributed by atoms with Crippen molar-refractivity contribution in [3.05, 3.63) is 60.4 Å². The first-order valence-electron chi connectivity index (χ1n) is 8.48. The molecule has 3 aromatic rings. The first-order valence-corrected chi connectivity index (χ1v) is 9.35. The van der Waals surface area contributed by atoms with E-state index < -0.39 is 17.0 Å². The van der Waals surface area contributed by atoms with E-state index in [4.69, 9.17) is 4.74 Å². The number of benzene rings is 2. The topological polar surface area (TPSA) is 69.0 Å². The summed E-state index contributed by atoms with van der Waals surface area (Å²) in [4.78, 5) is 12.5. The molecule has 0 aliphatic carbocycles. The van der Waals surface area contributed by atoms with Gasteiger partial charge in [-0.05, 0) is 43.3 Å². The molecule has 0 aliphatic heterocycles. The van der Waals surface area contributed by atoms with Crippen LogP contribution in [0, 0.1) is 0 Å². The lowest BCUT2D eigenvalue weighted by atomic mass is 10.2. The summed E-state index contributed by atoms with van der Waals surface area (Å²) in [5.41, 5.74) is 0.224. The van der Waals surface area contributed by atoms with E-state index in [1.165, 1.54) is 30.2 Å². The Labute approximate surface area is 169 Å². The summed E-state index contributed by atoms with van der Waals surface area (Å²) in [6.07, 6.45) is -2.91. The number of nitrogens with one attached hydrogen (secondary N) is 1. The molecule has 0 aliphatic rings. The van der Waals surface area contributed by atoms with Crippen LogP contribution in [0.1, 0.15) is 12.5 Å². The van der Waals surface area contributed by atoms with E-state index in [0.29, 0.717) is 10.9 Å². The van der Waals surface area contributed by atoms with Gasteiger partial charge in [-0.3, -0.25) is 9.36 Å². The quantitative estimate of drug-likeness (QED) is 0.596. The molecule has 152 valence electrons. The van der Waals surface area contributed by atoms with Gasteiger partial charge >= 0.3 is 6.18 Å². The van der Waals surface area contributed by atoms with Crippen molar-refractivity contribution in [2.75, 3.05) is 12.4 Å². The lowest BCUT2D eigenvalue weighted by Crippen LogP contribution is -2.23. The molecule has 0 fully saturated rings. The Kier molecular flexibility index (Phi) is 6.12. The molecule has 1 heterocycles. The number of hydrogen-bond donors (Lipinski definition) is 1. The van der Waals surface area contributed by atoms with Crippen LogP contribution in [0.15, 0.2) is 60.0 Å². The Hall–Kier alpha value is -3.01. The fourth-order valence-corrected chi connectivity index (χ4v) is 3.33. The van der Waals surface area contributed by atoms with Gasteiger partial charge in [0, 0.05) is 5.69 Å². The molecule has 2 aromatic carbocycles. The number of thioether (sulfide) groups is 1. The third-order valence-corrected chi connectivity index (χ3v) is 5.05. The molecule has 0 spiro atoms. The van der Waals surface area contributed by atoms with Crippen LogP contribution in [0.2, 0.25) is 0 Å². The molecule has 1 atom stereocenters. The van der Waals surface area contributed by atoms with Crippen molar-refractivity contribution in [1.29, 1.82) is 0 Å². The number of methoxy groups -OCH3 is 1. The summed E-state index contributed by atoms with van der Waals surface area (Å²) in [6, 6.07) is 11.6. The maximum Gasteiger partial charge on any atom is 0.416 e. The zero-order valence-electron chi connectivity index (χ0n) is 15.5. The fraction of sp³-hybridized carbons (Fsp3) is 0.211. The molecule has 10 heteroatoms. The molecule has 0 bridgehead atoms. The number of rotatable bonds is 6. The molecular formula is C19H17F3N4O2S. The van der Waals surface area contributed by atoms with Crippen molar-refractivity contribution in [1.82, 2.24) is 14.8 Å². The second-order valence-electron chi connectivity index (χ2n) is 5.98. The van der Waals surface area contributed by atoms with Crippen molar-refractivity contribution in [3.63, 3.8) is 0 Å². The zero-order valence-corrected chi connectivity index (χ0v) is 16.3. The van der Waals surface area contributed by atoms with Gasteiger partial charge in [0.05, 0.1) is 23.6 Å². The summed E-state index contributed by atoms with van der Waals surface area (Å²) < 4.78 is 45.0. The SMILES string of the molecule is COc1ccccc1-n1cnnc1SC(C)C(=O)Nc1ccc(C(F)(F)F)cc1. The standard InChI is InChI=1S/C19H17F3N4O2S/c1-12(17(27)24-14-9-7-13(8-10-14)19(20,21)22)29-18-25-23-11-26(18)15-5-3-4-6-16(15)28-2/h3-12H,1-2H3,(H,24,27). The Morgan fingerprint density at radius 1 is 1.17 bits per heavy atom. The van der Waals surface area contributed by atoms with Crippen LogP contribution in [0.4, 0.5) is 18.9 Å². The second kappa shape index (κ2) is 8.56. The lowest BCUT2D eigenvalue weighted by molar-refractivity contribution is -0.137. The number of ether oxygens (including phenoxy) is 1. The molecule has 1 amide bonds. The molecule has 1 aromatic heterocycles. The van der Waals surface area contributed by atoms with Crippen LogP contribution in [-0.2, 0) is 11.0 Å². The number of anilines is 1. The summed E-state index contributed by atoms with van der Waals surface area (Å²) in [5, 5.41) is 10.5. The van der Waals surface area contributed by atoms with E-state index >= 15 is 0 Å². The normalized spacial score (nSPS) is 12.4. The van der Waals surface area contributed by atoms with E-state index in [-0.39, 0.29) is 11.6 Å². The molecule has 29 heavy (non-hydrogen) atoms. The van der Waals surface area contributed by atoms with Gasteiger partial charge in [0.25, 0.3) is 0 Å². The number of carbonyl (C=O) groups excluding carboxylic acids is 1. The second-order valence-corrected chi connectivity index (χ2v) is 7.29. The molecule has 0 radical (unpaired) electrons. The van der Waals surface area contributed by atoms with Gasteiger partial charge in [-0.25, -0.2) is 0 Å². The number of carbonyl (C=O) groups is 1. The maximum absolute atomic E-state index is 12.6. The third-order valence-electron chi connectivity index (χ3n) is 3.99. The first-order chi connectivity index (χ1) is 13.8. The van der Waals surface area contributed by atoms with Crippen molar-refractivity contribution in [3.8, 4) is 11.4 Å². The fourth-order valence-electron chi connectivity index (χ4n) is 2.50. The van der Waals surface area contributed by atoms with Gasteiger partial charge in [0.2, 0.25) is 5.91 Å². The van der Waals surface area contributed by atoms with Gasteiger partial charge in [0.1, 0.15) is 12.1 Å². The Balaban J connectivity index is 1.70. The van der Waals surface area contributed by atoms with E-state index in [2.05, 4.69) is 15.5 Å². The van der Waals surface area contributed by atoms with Crippen LogP contribution in [0.3, 0.4) is 0 Å². The molecule has 3 rings (SSSR count). The highest BCUT2D eigenvalue weighted by atomic mass is 32.2. The average molecular weight is 422 g/mol. The molecule has 1 N–H and O–H groups in total. The van der Waals surface area contributed by atoms with Gasteiger partial charge < -0.3 is 10.1 Å². The average Bonchev–Trinajstić information content (AvgIpc) is 3.15. The van der Waals surface area contributed by atoms with Crippen molar-refractivity contribution in [2.45, 2.75) is 23.5 Å². The predicted octanol–water partition coefficient (Wildman–Crippen LogP) is 4.41. The number of para-hydroxylation sites is 2. The summed E-state index contributed by atoms with van der Waals surface area (Å²) in [6.45, 7) is 1.67. The van der Waals surface area contributed by atoms with E-state index in [9.17, 15) is 18.0 Å². The molecule has 1 unspecified atom stereocenters. The molecule has 6 nitrogen and oxygen atoms in total. The number of halogens is 3. The van der Waals surface area contributed by atoms with Crippen LogP contribution in [0.5, 0.6) is 5.75 Å². The summed E-state index contributed by atoms with van der Waals surface area (Å²) >= 11 is 1.17. The third kappa shape index (κ3) is 4.89. The minimum absolute atomic E-state index is 0.279. The van der Waals surface area contributed by atoms with Gasteiger partial charge in [0.15, 0.2) is 5.16 Å². The maximum atomic E-state index is 12.6. The Morgan fingerprint density at radius 2 is 1.86 bits per heavy atom. The van der Waals surface area contributed by atoms with Gasteiger partial charge in [-0.15, -0.1) is 10.2 Å². The van der Waals surface area contributed by atoms with E-state index in [1.54, 1.807) is 24.7 Å². The highest BCUT2D eigenvalue weighted by Gasteiger charge is 2.30. The zero-order chi connectivity index (χ0) is 21.0. The van der Waals surface area contributed by atoms with E-state index in [0.717, 1.165) is 17.8 Å². The largest absolute Gasteiger partial charge is 0.495 e. The number of alkyl halides is 3. The number of hydrogen-bond acceptors (Lipinski definition) is 5. The van der Waals surface area contributed by atoms with Crippen LogP contribution in [-0.4, -0.2) is 33.0 Å². The number of nitrogens with zero attached hydrogens (tertiary/aromatic N) is 3. The minimum atomic E-state index is -4.42. The smallest absolute Gasteiger partial charge is 0.416 e. The first kappa shape index (κ1) is 20.7. The van der Waals surface area contributed by atoms with Gasteiger partial charge in [-0.1, -0.05) is 23.9 Å². The van der Waals surface area contributed by atoms with Crippen molar-refractivity contribution >= 4 is 23.4 Å². The van der Waals surface area contributed by atoms with Crippen LogP contribution < -0.4 is 10.1 Å². The molecule has 0 saturated carbocycles. The Bertz CT molecular complexity index is 990. The Morgan fingerprint density at radius 3 is 2.52 bits per heavy atom. The van der Waals surface area contributed by atoms with Gasteiger partial charge in [-0.2, -0.15) is 13.2 Å². The predicted molar refractivity (Wildman–Crippen MR) is 103 cm³/mol. The monoisotopic (exact) mass is 422 g/mol. The molecular weight excluding hydrogens is 405 g/mol.